The van der Waals surface area contributed by atoms with E-state index < -0.39 is 5.97 Å². The number of hydrogen-bond acceptors (Lipinski definition) is 1. The highest BCUT2D eigenvalue weighted by Gasteiger charge is 2.13. The van der Waals surface area contributed by atoms with Gasteiger partial charge in [0.1, 0.15) is 0 Å². The average Bonchev–Trinajstić information content (AvgIpc) is 2.46. The van der Waals surface area contributed by atoms with Crippen molar-refractivity contribution in [3.8, 4) is 0 Å². The number of hydrogen-bond donors (Lipinski definition) is 2. The molecule has 1 aromatic carbocycles. The van der Waals surface area contributed by atoms with Gasteiger partial charge in [0.2, 0.25) is 0 Å². The van der Waals surface area contributed by atoms with Crippen LogP contribution in [0.15, 0.2) is 18.3 Å². The molecular formula is C9H5Cl2NO2. The number of carbonyl (C=O) groups is 1. The maximum Gasteiger partial charge on any atom is 0.336 e. The van der Waals surface area contributed by atoms with Crippen LogP contribution in [0.2, 0.25) is 10.0 Å². The topological polar surface area (TPSA) is 53.1 Å². The molecule has 72 valence electrons. The molecule has 0 aliphatic carbocycles. The molecule has 0 spiro atoms. The summed E-state index contributed by atoms with van der Waals surface area (Å²) in [6, 6.07) is 3.02. The van der Waals surface area contributed by atoms with E-state index >= 15 is 0 Å². The Morgan fingerprint density at radius 3 is 2.71 bits per heavy atom. The van der Waals surface area contributed by atoms with Crippen LogP contribution in [0.3, 0.4) is 0 Å². The zero-order valence-electron chi connectivity index (χ0n) is 6.84. The lowest BCUT2D eigenvalue weighted by Crippen LogP contribution is -1.96. The zero-order valence-corrected chi connectivity index (χ0v) is 8.36. The van der Waals surface area contributed by atoms with Gasteiger partial charge in [0, 0.05) is 22.1 Å². The monoisotopic (exact) mass is 229 g/mol. The molecule has 2 rings (SSSR count). The van der Waals surface area contributed by atoms with Crippen LogP contribution in [0.5, 0.6) is 0 Å². The molecule has 0 fully saturated rings. The molecule has 0 amide bonds. The van der Waals surface area contributed by atoms with E-state index in [-0.39, 0.29) is 5.56 Å². The van der Waals surface area contributed by atoms with E-state index in [4.69, 9.17) is 28.3 Å². The first-order chi connectivity index (χ1) is 6.59. The van der Waals surface area contributed by atoms with Crippen molar-refractivity contribution in [2.45, 2.75) is 0 Å². The van der Waals surface area contributed by atoms with Gasteiger partial charge in [-0.3, -0.25) is 0 Å². The van der Waals surface area contributed by atoms with Crippen molar-refractivity contribution in [3.63, 3.8) is 0 Å². The third-order valence-corrected chi connectivity index (χ3v) is 2.44. The van der Waals surface area contributed by atoms with E-state index in [0.717, 1.165) is 0 Å². The highest BCUT2D eigenvalue weighted by atomic mass is 35.5. The summed E-state index contributed by atoms with van der Waals surface area (Å²) in [6.45, 7) is 0. The fourth-order valence-corrected chi connectivity index (χ4v) is 1.84. The summed E-state index contributed by atoms with van der Waals surface area (Å²) in [4.78, 5) is 13.7. The number of aromatic amines is 1. The maximum absolute atomic E-state index is 10.9. The number of H-pyrrole nitrogens is 1. The molecule has 0 saturated heterocycles. The van der Waals surface area contributed by atoms with Gasteiger partial charge in [0.05, 0.1) is 10.6 Å². The van der Waals surface area contributed by atoms with Crippen LogP contribution in [0.25, 0.3) is 10.9 Å². The Hall–Kier alpha value is -1.19. The minimum Gasteiger partial charge on any atom is -0.478 e. The molecule has 1 heterocycles. The Labute approximate surface area is 89.2 Å². The summed E-state index contributed by atoms with van der Waals surface area (Å²) in [7, 11) is 0. The summed E-state index contributed by atoms with van der Waals surface area (Å²) in [5, 5.41) is 10.2. The summed E-state index contributed by atoms with van der Waals surface area (Å²) >= 11 is 11.6. The van der Waals surface area contributed by atoms with Crippen molar-refractivity contribution in [3.05, 3.63) is 33.9 Å². The van der Waals surface area contributed by atoms with Gasteiger partial charge < -0.3 is 10.1 Å². The lowest BCUT2D eigenvalue weighted by molar-refractivity contribution is 0.0699. The van der Waals surface area contributed by atoms with Gasteiger partial charge in [-0.1, -0.05) is 23.2 Å². The standard InChI is InChI=1S/C9H5Cl2NO2/c10-4-1-5(9(13)14)8-6(11)3-12-7(8)2-4/h1-3,12H,(H,13,14). The molecule has 0 aliphatic rings. The van der Waals surface area contributed by atoms with Crippen molar-refractivity contribution >= 4 is 40.1 Å². The van der Waals surface area contributed by atoms with Crippen molar-refractivity contribution in [1.82, 2.24) is 4.98 Å². The van der Waals surface area contributed by atoms with Crippen molar-refractivity contribution in [1.29, 1.82) is 0 Å². The number of aromatic carboxylic acids is 1. The van der Waals surface area contributed by atoms with Gasteiger partial charge in [0.15, 0.2) is 0 Å². The Kier molecular flexibility index (Phi) is 2.13. The first-order valence-electron chi connectivity index (χ1n) is 3.79. The Morgan fingerprint density at radius 2 is 2.07 bits per heavy atom. The molecule has 0 saturated carbocycles. The lowest BCUT2D eigenvalue weighted by atomic mass is 10.1. The van der Waals surface area contributed by atoms with Crippen LogP contribution < -0.4 is 0 Å². The molecule has 0 unspecified atom stereocenters. The molecule has 2 N–H and O–H groups in total. The van der Waals surface area contributed by atoms with Gasteiger partial charge in [-0.2, -0.15) is 0 Å². The van der Waals surface area contributed by atoms with E-state index in [1.165, 1.54) is 12.3 Å². The third kappa shape index (κ3) is 1.35. The highest BCUT2D eigenvalue weighted by Crippen LogP contribution is 2.29. The Bertz CT molecular complexity index is 519. The molecule has 0 bridgehead atoms. The average molecular weight is 230 g/mol. The predicted octanol–water partition coefficient (Wildman–Crippen LogP) is 3.17. The Morgan fingerprint density at radius 1 is 1.36 bits per heavy atom. The summed E-state index contributed by atoms with van der Waals surface area (Å²) in [5.41, 5.74) is 0.735. The zero-order chi connectivity index (χ0) is 10.3. The molecule has 2 aromatic rings. The first kappa shape index (κ1) is 9.37. The lowest BCUT2D eigenvalue weighted by Gasteiger charge is -1.99. The number of rotatable bonds is 1. The number of aromatic nitrogens is 1. The van der Waals surface area contributed by atoms with Crippen LogP contribution in [-0.4, -0.2) is 16.1 Å². The number of carboxylic acid groups (broad SMARTS) is 1. The number of benzene rings is 1. The normalized spacial score (nSPS) is 10.7. The third-order valence-electron chi connectivity index (χ3n) is 1.93. The summed E-state index contributed by atoms with van der Waals surface area (Å²) in [6.07, 6.45) is 1.54. The Balaban J connectivity index is 2.90. The number of nitrogens with one attached hydrogen (secondary N) is 1. The van der Waals surface area contributed by atoms with Gasteiger partial charge >= 0.3 is 5.97 Å². The van der Waals surface area contributed by atoms with Gasteiger partial charge in [-0.05, 0) is 12.1 Å². The van der Waals surface area contributed by atoms with Crippen LogP contribution in [0, 0.1) is 0 Å². The first-order valence-corrected chi connectivity index (χ1v) is 4.54. The molecule has 0 aliphatic heterocycles. The van der Waals surface area contributed by atoms with E-state index in [1.807, 2.05) is 0 Å². The summed E-state index contributed by atoms with van der Waals surface area (Å²) < 4.78 is 0. The fraction of sp³-hybridized carbons (Fsp3) is 0. The smallest absolute Gasteiger partial charge is 0.336 e. The minimum absolute atomic E-state index is 0.110. The predicted molar refractivity (Wildman–Crippen MR) is 55.3 cm³/mol. The molecule has 14 heavy (non-hydrogen) atoms. The fourth-order valence-electron chi connectivity index (χ4n) is 1.36. The molecule has 1 aromatic heterocycles. The molecule has 0 atom stereocenters. The van der Waals surface area contributed by atoms with E-state index in [2.05, 4.69) is 4.98 Å². The SMILES string of the molecule is O=C(O)c1cc(Cl)cc2[nH]cc(Cl)c12. The van der Waals surface area contributed by atoms with Gasteiger partial charge in [0.25, 0.3) is 0 Å². The quantitative estimate of drug-likeness (QED) is 0.790. The summed E-state index contributed by atoms with van der Waals surface area (Å²) in [5.74, 6) is -1.04. The van der Waals surface area contributed by atoms with E-state index in [1.54, 1.807) is 6.07 Å². The van der Waals surface area contributed by atoms with Crippen LogP contribution >= 0.6 is 23.2 Å². The van der Waals surface area contributed by atoms with Crippen molar-refractivity contribution in [2.75, 3.05) is 0 Å². The van der Waals surface area contributed by atoms with Gasteiger partial charge in [-0.15, -0.1) is 0 Å². The highest BCUT2D eigenvalue weighted by molar-refractivity contribution is 6.38. The maximum atomic E-state index is 10.9. The van der Waals surface area contributed by atoms with Gasteiger partial charge in [-0.25, -0.2) is 4.79 Å². The molecule has 0 radical (unpaired) electrons. The largest absolute Gasteiger partial charge is 0.478 e. The second-order valence-electron chi connectivity index (χ2n) is 2.82. The van der Waals surface area contributed by atoms with E-state index in [0.29, 0.717) is 20.9 Å². The second kappa shape index (κ2) is 3.19. The number of fused-ring (bicyclic) bond motifs is 1. The number of halogens is 2. The van der Waals surface area contributed by atoms with Crippen LogP contribution in [0.1, 0.15) is 10.4 Å². The van der Waals surface area contributed by atoms with E-state index in [9.17, 15) is 4.79 Å². The molecule has 5 heteroatoms. The minimum atomic E-state index is -1.04. The van der Waals surface area contributed by atoms with Crippen LogP contribution in [0.4, 0.5) is 0 Å². The van der Waals surface area contributed by atoms with Crippen molar-refractivity contribution in [2.24, 2.45) is 0 Å². The van der Waals surface area contributed by atoms with Crippen molar-refractivity contribution < 1.29 is 9.90 Å². The second-order valence-corrected chi connectivity index (χ2v) is 3.66. The molecule has 3 nitrogen and oxygen atoms in total. The number of carboxylic acids is 1. The molecular weight excluding hydrogens is 225 g/mol. The van der Waals surface area contributed by atoms with Crippen LogP contribution in [-0.2, 0) is 0 Å².